The summed E-state index contributed by atoms with van der Waals surface area (Å²) >= 11 is 4.82. The fraction of sp³-hybridized carbons (Fsp3) is 0.150. The van der Waals surface area contributed by atoms with Crippen molar-refractivity contribution in [2.24, 2.45) is 5.92 Å². The Morgan fingerprint density at radius 2 is 1.89 bits per heavy atom. The highest BCUT2D eigenvalue weighted by Crippen LogP contribution is 2.30. The summed E-state index contributed by atoms with van der Waals surface area (Å²) in [5, 5.41) is 8.12. The van der Waals surface area contributed by atoms with E-state index in [0.717, 1.165) is 28.6 Å². The summed E-state index contributed by atoms with van der Waals surface area (Å²) in [4.78, 5) is 28.9. The molecule has 5 nitrogen and oxygen atoms in total. The van der Waals surface area contributed by atoms with E-state index in [1.54, 1.807) is 24.3 Å². The number of nitrogens with zero attached hydrogens (tertiary/aromatic N) is 1. The Morgan fingerprint density at radius 3 is 2.67 bits per heavy atom. The maximum Gasteiger partial charge on any atom is 0.257 e. The molecule has 2 amide bonds. The van der Waals surface area contributed by atoms with Crippen LogP contribution in [0.3, 0.4) is 0 Å². The van der Waals surface area contributed by atoms with Crippen LogP contribution in [-0.2, 0) is 4.79 Å². The molecule has 0 aliphatic heterocycles. The lowest BCUT2D eigenvalue weighted by Crippen LogP contribution is -2.15. The Balaban J connectivity index is 1.45. The van der Waals surface area contributed by atoms with Crippen molar-refractivity contribution in [3.05, 3.63) is 63.9 Å². The third-order valence-electron chi connectivity index (χ3n) is 4.19. The molecule has 27 heavy (non-hydrogen) atoms. The number of thiazole rings is 1. The molecule has 0 atom stereocenters. The van der Waals surface area contributed by atoms with Crippen molar-refractivity contribution < 1.29 is 9.59 Å². The zero-order valence-corrected chi connectivity index (χ0v) is 16.6. The highest BCUT2D eigenvalue weighted by molar-refractivity contribution is 9.10. The normalized spacial score (nSPS) is 13.2. The number of benzene rings is 2. The van der Waals surface area contributed by atoms with Crippen LogP contribution in [-0.4, -0.2) is 16.8 Å². The Bertz CT molecular complexity index is 1010. The molecular formula is C20H16BrN3O2S. The van der Waals surface area contributed by atoms with Crippen LogP contribution in [0.4, 0.5) is 10.8 Å². The van der Waals surface area contributed by atoms with Crippen LogP contribution in [0.25, 0.3) is 11.3 Å². The summed E-state index contributed by atoms with van der Waals surface area (Å²) < 4.78 is 0.976. The van der Waals surface area contributed by atoms with Gasteiger partial charge in [-0.3, -0.25) is 14.9 Å². The van der Waals surface area contributed by atoms with E-state index >= 15 is 0 Å². The number of aromatic nitrogens is 1. The molecule has 136 valence electrons. The molecule has 0 bridgehead atoms. The number of hydrogen-bond donors (Lipinski definition) is 2. The van der Waals surface area contributed by atoms with E-state index in [1.807, 2.05) is 29.6 Å². The third-order valence-corrected chi connectivity index (χ3v) is 5.44. The smallest absolute Gasteiger partial charge is 0.257 e. The lowest BCUT2D eigenvalue weighted by molar-refractivity contribution is -0.117. The predicted molar refractivity (Wildman–Crippen MR) is 111 cm³/mol. The average Bonchev–Trinajstić information content (AvgIpc) is 3.42. The zero-order chi connectivity index (χ0) is 18.8. The van der Waals surface area contributed by atoms with Crippen LogP contribution in [0.5, 0.6) is 0 Å². The summed E-state index contributed by atoms with van der Waals surface area (Å²) in [6, 6.07) is 14.8. The molecule has 3 aromatic rings. The maximum atomic E-state index is 12.5. The van der Waals surface area contributed by atoms with E-state index < -0.39 is 0 Å². The predicted octanol–water partition coefficient (Wildman–Crippen LogP) is 5.17. The molecule has 0 radical (unpaired) electrons. The van der Waals surface area contributed by atoms with Gasteiger partial charge >= 0.3 is 0 Å². The lowest BCUT2D eigenvalue weighted by atomic mass is 10.2. The van der Waals surface area contributed by atoms with Crippen molar-refractivity contribution in [2.45, 2.75) is 12.8 Å². The summed E-state index contributed by atoms with van der Waals surface area (Å²) in [6.07, 6.45) is 1.88. The number of carbonyl (C=O) groups excluding carboxylic acids is 2. The lowest BCUT2D eigenvalue weighted by Gasteiger charge is -2.07. The SMILES string of the molecule is O=C(Nc1nc(-c2cccc(Br)c2)cs1)c1cccc(NC(=O)C2CC2)c1. The summed E-state index contributed by atoms with van der Waals surface area (Å²) in [7, 11) is 0. The summed E-state index contributed by atoms with van der Waals surface area (Å²) in [5.74, 6) is -0.118. The maximum absolute atomic E-state index is 12.5. The van der Waals surface area contributed by atoms with Gasteiger partial charge < -0.3 is 5.32 Å². The highest BCUT2D eigenvalue weighted by atomic mass is 79.9. The quantitative estimate of drug-likeness (QED) is 0.573. The largest absolute Gasteiger partial charge is 0.326 e. The molecule has 0 saturated heterocycles. The van der Waals surface area contributed by atoms with Gasteiger partial charge in [0.15, 0.2) is 5.13 Å². The van der Waals surface area contributed by atoms with Crippen molar-refractivity contribution in [1.82, 2.24) is 4.98 Å². The molecule has 1 aliphatic carbocycles. The topological polar surface area (TPSA) is 71.1 Å². The van der Waals surface area contributed by atoms with Crippen molar-refractivity contribution in [1.29, 1.82) is 0 Å². The molecule has 0 unspecified atom stereocenters. The molecule has 1 fully saturated rings. The Hall–Kier alpha value is -2.51. The number of anilines is 2. The van der Waals surface area contributed by atoms with E-state index in [2.05, 4.69) is 31.5 Å². The van der Waals surface area contributed by atoms with Crippen LogP contribution >= 0.6 is 27.3 Å². The van der Waals surface area contributed by atoms with E-state index in [9.17, 15) is 9.59 Å². The van der Waals surface area contributed by atoms with Crippen molar-refractivity contribution >= 4 is 49.9 Å². The van der Waals surface area contributed by atoms with Gasteiger partial charge in [0.05, 0.1) is 5.69 Å². The van der Waals surface area contributed by atoms with Gasteiger partial charge in [-0.15, -0.1) is 11.3 Å². The van der Waals surface area contributed by atoms with Crippen LogP contribution in [0.1, 0.15) is 23.2 Å². The van der Waals surface area contributed by atoms with Gasteiger partial charge in [0.25, 0.3) is 5.91 Å². The first-order chi connectivity index (χ1) is 13.1. The van der Waals surface area contributed by atoms with Crippen LogP contribution in [0, 0.1) is 5.92 Å². The Morgan fingerprint density at radius 1 is 1.07 bits per heavy atom. The second-order valence-electron chi connectivity index (χ2n) is 6.35. The first-order valence-electron chi connectivity index (χ1n) is 8.52. The van der Waals surface area contributed by atoms with Gasteiger partial charge in [-0.1, -0.05) is 34.1 Å². The van der Waals surface area contributed by atoms with Gasteiger partial charge in [-0.05, 0) is 43.2 Å². The Kier molecular flexibility index (Phi) is 5.05. The number of halogens is 1. The first-order valence-corrected chi connectivity index (χ1v) is 10.2. The molecule has 2 N–H and O–H groups in total. The van der Waals surface area contributed by atoms with Gasteiger partial charge in [0.2, 0.25) is 5.91 Å². The second kappa shape index (κ2) is 7.62. The number of hydrogen-bond acceptors (Lipinski definition) is 4. The van der Waals surface area contributed by atoms with Gasteiger partial charge in [0.1, 0.15) is 0 Å². The molecular weight excluding hydrogens is 426 g/mol. The molecule has 2 aromatic carbocycles. The van der Waals surface area contributed by atoms with E-state index in [4.69, 9.17) is 0 Å². The standard InChI is InChI=1S/C20H16BrN3O2S/c21-15-5-1-3-13(9-15)17-11-27-20(23-17)24-19(26)14-4-2-6-16(10-14)22-18(25)12-7-8-12/h1-6,9-12H,7-8H2,(H,22,25)(H,23,24,26). The zero-order valence-electron chi connectivity index (χ0n) is 14.2. The minimum Gasteiger partial charge on any atom is -0.326 e. The minimum absolute atomic E-state index is 0.0196. The van der Waals surface area contributed by atoms with Crippen molar-refractivity contribution in [3.63, 3.8) is 0 Å². The molecule has 1 heterocycles. The second-order valence-corrected chi connectivity index (χ2v) is 8.12. The molecule has 1 saturated carbocycles. The number of rotatable bonds is 5. The highest BCUT2D eigenvalue weighted by Gasteiger charge is 2.29. The average molecular weight is 442 g/mol. The third kappa shape index (κ3) is 4.43. The first kappa shape index (κ1) is 17.9. The molecule has 7 heteroatoms. The van der Waals surface area contributed by atoms with Crippen LogP contribution in [0.2, 0.25) is 0 Å². The van der Waals surface area contributed by atoms with E-state index in [-0.39, 0.29) is 17.7 Å². The number of carbonyl (C=O) groups is 2. The monoisotopic (exact) mass is 441 g/mol. The van der Waals surface area contributed by atoms with Crippen LogP contribution < -0.4 is 10.6 Å². The van der Waals surface area contributed by atoms with E-state index in [0.29, 0.717) is 16.4 Å². The van der Waals surface area contributed by atoms with Gasteiger partial charge in [-0.2, -0.15) is 0 Å². The minimum atomic E-state index is -0.257. The fourth-order valence-corrected chi connectivity index (χ4v) is 3.72. The Labute approximate surface area is 169 Å². The van der Waals surface area contributed by atoms with E-state index in [1.165, 1.54) is 11.3 Å². The number of nitrogens with one attached hydrogen (secondary N) is 2. The fourth-order valence-electron chi connectivity index (χ4n) is 2.61. The van der Waals surface area contributed by atoms with Crippen molar-refractivity contribution in [2.75, 3.05) is 10.6 Å². The molecule has 0 spiro atoms. The number of amides is 2. The van der Waals surface area contributed by atoms with Gasteiger partial charge in [0, 0.05) is 32.6 Å². The van der Waals surface area contributed by atoms with Crippen LogP contribution in [0.15, 0.2) is 58.4 Å². The molecule has 1 aliphatic rings. The molecule has 4 rings (SSSR count). The van der Waals surface area contributed by atoms with Gasteiger partial charge in [-0.25, -0.2) is 4.98 Å². The summed E-state index contributed by atoms with van der Waals surface area (Å²) in [6.45, 7) is 0. The summed E-state index contributed by atoms with van der Waals surface area (Å²) in [5.41, 5.74) is 2.89. The van der Waals surface area contributed by atoms with Crippen molar-refractivity contribution in [3.8, 4) is 11.3 Å². The molecule has 1 aromatic heterocycles.